The van der Waals surface area contributed by atoms with Gasteiger partial charge in [-0.15, -0.1) is 0 Å². The summed E-state index contributed by atoms with van der Waals surface area (Å²) >= 11 is 0. The molecule has 174 valence electrons. The standard InChI is InChI=1S/C27H18F3N3O2/c28-27(29,30)20-12-7-13-21(14-20)33-23(18-8-3-1-4-9-18)15-22-25(35)31-17-32(26(22)33)16-24(34)19-10-5-2-6-11-19/h1-15,17H,16H2. The van der Waals surface area contributed by atoms with Gasteiger partial charge in [-0.3, -0.25) is 14.2 Å². The molecule has 2 heterocycles. The van der Waals surface area contributed by atoms with Gasteiger partial charge >= 0.3 is 6.18 Å². The number of carbonyl (C=O) groups excluding carboxylic acids is 1. The van der Waals surface area contributed by atoms with Crippen molar-refractivity contribution in [2.45, 2.75) is 12.7 Å². The fourth-order valence-electron chi connectivity index (χ4n) is 4.08. The molecular weight excluding hydrogens is 455 g/mol. The molecular formula is C27H18F3N3O2. The van der Waals surface area contributed by atoms with Crippen LogP contribution in [0.2, 0.25) is 0 Å². The molecule has 5 rings (SSSR count). The van der Waals surface area contributed by atoms with Crippen LogP contribution in [0.15, 0.2) is 102 Å². The van der Waals surface area contributed by atoms with Crippen molar-refractivity contribution in [3.8, 4) is 16.9 Å². The molecule has 8 heteroatoms. The Labute approximate surface area is 197 Å². The highest BCUT2D eigenvalue weighted by Gasteiger charge is 2.31. The van der Waals surface area contributed by atoms with Crippen molar-refractivity contribution in [2.75, 3.05) is 0 Å². The van der Waals surface area contributed by atoms with Crippen LogP contribution in [0.4, 0.5) is 13.2 Å². The second-order valence-corrected chi connectivity index (χ2v) is 7.98. The Hall–Kier alpha value is -4.46. The monoisotopic (exact) mass is 473 g/mol. The third kappa shape index (κ3) is 4.26. The third-order valence-corrected chi connectivity index (χ3v) is 5.70. The number of halogens is 3. The maximum Gasteiger partial charge on any atom is 0.416 e. The molecule has 0 aliphatic rings. The van der Waals surface area contributed by atoms with E-state index in [-0.39, 0.29) is 29.0 Å². The summed E-state index contributed by atoms with van der Waals surface area (Å²) in [7, 11) is 0. The summed E-state index contributed by atoms with van der Waals surface area (Å²) in [4.78, 5) is 29.6. The van der Waals surface area contributed by atoms with Gasteiger partial charge in [0.1, 0.15) is 12.0 Å². The number of ketones is 1. The van der Waals surface area contributed by atoms with Crippen molar-refractivity contribution in [3.05, 3.63) is 119 Å². The van der Waals surface area contributed by atoms with Gasteiger partial charge in [-0.25, -0.2) is 0 Å². The summed E-state index contributed by atoms with van der Waals surface area (Å²) in [5.41, 5.74) is 0.810. The number of fused-ring (bicyclic) bond motifs is 1. The number of aromatic nitrogens is 3. The van der Waals surface area contributed by atoms with Crippen LogP contribution in [0.25, 0.3) is 28.0 Å². The van der Waals surface area contributed by atoms with Crippen LogP contribution in [0.1, 0.15) is 15.9 Å². The molecule has 0 bridgehead atoms. The lowest BCUT2D eigenvalue weighted by Crippen LogP contribution is -2.18. The quantitative estimate of drug-likeness (QED) is 0.305. The van der Waals surface area contributed by atoms with Gasteiger partial charge < -0.3 is 4.57 Å². The number of rotatable bonds is 5. The predicted octanol–water partition coefficient (Wildman–Crippen LogP) is 5.76. The first-order valence-electron chi connectivity index (χ1n) is 10.7. The van der Waals surface area contributed by atoms with Crippen molar-refractivity contribution in [3.63, 3.8) is 0 Å². The number of hydrogen-bond acceptors (Lipinski definition) is 3. The molecule has 0 atom stereocenters. The molecule has 3 aromatic carbocycles. The van der Waals surface area contributed by atoms with Crippen molar-refractivity contribution >= 4 is 16.8 Å². The van der Waals surface area contributed by atoms with Gasteiger partial charge in [-0.1, -0.05) is 66.7 Å². The van der Waals surface area contributed by atoms with Gasteiger partial charge in [0.05, 0.1) is 23.2 Å². The van der Waals surface area contributed by atoms with E-state index in [0.717, 1.165) is 12.1 Å². The highest BCUT2D eigenvalue weighted by atomic mass is 19.4. The van der Waals surface area contributed by atoms with Crippen molar-refractivity contribution in [1.29, 1.82) is 0 Å². The zero-order chi connectivity index (χ0) is 24.6. The van der Waals surface area contributed by atoms with E-state index >= 15 is 0 Å². The van der Waals surface area contributed by atoms with Crippen molar-refractivity contribution < 1.29 is 18.0 Å². The fourth-order valence-corrected chi connectivity index (χ4v) is 4.08. The molecule has 5 aromatic rings. The largest absolute Gasteiger partial charge is 0.416 e. The Morgan fingerprint density at radius 1 is 0.857 bits per heavy atom. The number of alkyl halides is 3. The summed E-state index contributed by atoms with van der Waals surface area (Å²) in [6.45, 7) is -0.148. The van der Waals surface area contributed by atoms with E-state index in [4.69, 9.17) is 0 Å². The minimum absolute atomic E-state index is 0.148. The van der Waals surface area contributed by atoms with Gasteiger partial charge in [0.15, 0.2) is 5.78 Å². The van der Waals surface area contributed by atoms with Crippen LogP contribution in [-0.4, -0.2) is 19.9 Å². The van der Waals surface area contributed by atoms with Gasteiger partial charge in [-0.2, -0.15) is 18.2 Å². The van der Waals surface area contributed by atoms with Crippen LogP contribution < -0.4 is 5.56 Å². The van der Waals surface area contributed by atoms with E-state index in [0.29, 0.717) is 16.8 Å². The topological polar surface area (TPSA) is 56.9 Å². The van der Waals surface area contributed by atoms with E-state index in [2.05, 4.69) is 4.98 Å². The second kappa shape index (κ2) is 8.72. The molecule has 0 amide bonds. The lowest BCUT2D eigenvalue weighted by atomic mass is 10.1. The second-order valence-electron chi connectivity index (χ2n) is 7.98. The highest BCUT2D eigenvalue weighted by Crippen LogP contribution is 2.34. The van der Waals surface area contributed by atoms with Gasteiger partial charge in [-0.05, 0) is 29.8 Å². The smallest absolute Gasteiger partial charge is 0.310 e. The molecule has 5 nitrogen and oxygen atoms in total. The summed E-state index contributed by atoms with van der Waals surface area (Å²) in [6.07, 6.45) is -3.29. The van der Waals surface area contributed by atoms with E-state index < -0.39 is 17.3 Å². The van der Waals surface area contributed by atoms with Crippen molar-refractivity contribution in [1.82, 2.24) is 14.1 Å². The molecule has 0 saturated carbocycles. The molecule has 0 fully saturated rings. The normalized spacial score (nSPS) is 11.6. The third-order valence-electron chi connectivity index (χ3n) is 5.70. The van der Waals surface area contributed by atoms with E-state index in [1.807, 2.05) is 6.07 Å². The molecule has 0 aliphatic heterocycles. The predicted molar refractivity (Wildman–Crippen MR) is 127 cm³/mol. The molecule has 35 heavy (non-hydrogen) atoms. The lowest BCUT2D eigenvalue weighted by molar-refractivity contribution is -0.137. The maximum absolute atomic E-state index is 13.5. The van der Waals surface area contributed by atoms with Crippen molar-refractivity contribution in [2.24, 2.45) is 0 Å². The van der Waals surface area contributed by atoms with Crippen LogP contribution in [0, 0.1) is 0 Å². The Balaban J connectivity index is 1.79. The van der Waals surface area contributed by atoms with Gasteiger partial charge in [0, 0.05) is 11.3 Å². The molecule has 0 spiro atoms. The Kier molecular flexibility index (Phi) is 5.56. The number of hydrogen-bond donors (Lipinski definition) is 0. The van der Waals surface area contributed by atoms with E-state index in [1.54, 1.807) is 65.2 Å². The first-order chi connectivity index (χ1) is 16.8. The zero-order valence-corrected chi connectivity index (χ0v) is 18.2. The lowest BCUT2D eigenvalue weighted by Gasteiger charge is -2.16. The number of Topliss-reactive ketones (excluding diaryl/α,β-unsaturated/α-hetero) is 1. The molecule has 0 saturated heterocycles. The Morgan fingerprint density at radius 3 is 2.23 bits per heavy atom. The van der Waals surface area contributed by atoms with Gasteiger partial charge in [0.25, 0.3) is 5.56 Å². The molecule has 0 aliphatic carbocycles. The van der Waals surface area contributed by atoms with Crippen LogP contribution in [0.3, 0.4) is 0 Å². The number of benzene rings is 3. The van der Waals surface area contributed by atoms with E-state index in [1.165, 1.54) is 23.0 Å². The van der Waals surface area contributed by atoms with Crippen LogP contribution in [-0.2, 0) is 12.7 Å². The minimum Gasteiger partial charge on any atom is -0.310 e. The average molecular weight is 473 g/mol. The Bertz CT molecular complexity index is 1590. The zero-order valence-electron chi connectivity index (χ0n) is 18.2. The first kappa shape index (κ1) is 22.3. The first-order valence-corrected chi connectivity index (χ1v) is 10.7. The van der Waals surface area contributed by atoms with Gasteiger partial charge in [0.2, 0.25) is 0 Å². The summed E-state index contributed by atoms with van der Waals surface area (Å²) in [5.74, 6) is -0.226. The van der Waals surface area contributed by atoms with Crippen LogP contribution in [0.5, 0.6) is 0 Å². The highest BCUT2D eigenvalue weighted by molar-refractivity contribution is 5.97. The molecule has 0 radical (unpaired) electrons. The summed E-state index contributed by atoms with van der Waals surface area (Å²) in [5, 5.41) is 0.199. The molecule has 0 unspecified atom stereocenters. The average Bonchev–Trinajstić information content (AvgIpc) is 3.28. The van der Waals surface area contributed by atoms with E-state index in [9.17, 15) is 22.8 Å². The molecule has 0 N–H and O–H groups in total. The minimum atomic E-state index is -4.55. The Morgan fingerprint density at radius 2 is 1.54 bits per heavy atom. The summed E-state index contributed by atoms with van der Waals surface area (Å²) < 4.78 is 43.7. The summed E-state index contributed by atoms with van der Waals surface area (Å²) in [6, 6.07) is 24.1. The SMILES string of the molecule is O=C(Cn1cnc(=O)c2cc(-c3ccccc3)n(-c3cccc(C(F)(F)F)c3)c21)c1ccccc1. The number of carbonyl (C=O) groups is 1. The number of nitrogens with zero attached hydrogens (tertiary/aromatic N) is 3. The maximum atomic E-state index is 13.5. The van der Waals surface area contributed by atoms with Crippen LogP contribution >= 0.6 is 0 Å². The fraction of sp³-hybridized carbons (Fsp3) is 0.0741. The molecule has 2 aromatic heterocycles.